The Balaban J connectivity index is 2.78. The Hall–Kier alpha value is -1.57. The highest BCUT2D eigenvalue weighted by Gasteiger charge is 1.99. The number of rotatable bonds is 3. The minimum atomic E-state index is 0.583. The van der Waals surface area contributed by atoms with Gasteiger partial charge in [0, 0.05) is 17.5 Å². The minimum Gasteiger partial charge on any atom is -0.463 e. The van der Waals surface area contributed by atoms with E-state index in [1.54, 1.807) is 13.1 Å². The number of ether oxygens (including phenoxy) is 1. The van der Waals surface area contributed by atoms with Gasteiger partial charge in [-0.25, -0.2) is 0 Å². The van der Waals surface area contributed by atoms with Crippen LogP contribution in [0.3, 0.4) is 0 Å². The molecule has 68 valence electrons. The number of pyridine rings is 1. The van der Waals surface area contributed by atoms with Gasteiger partial charge in [0.15, 0.2) is 0 Å². The van der Waals surface area contributed by atoms with Crippen LogP contribution in [0.4, 0.5) is 0 Å². The third-order valence-corrected chi connectivity index (χ3v) is 1.53. The van der Waals surface area contributed by atoms with Crippen molar-refractivity contribution in [2.75, 3.05) is 0 Å². The van der Waals surface area contributed by atoms with Gasteiger partial charge in [0.05, 0.1) is 5.76 Å². The predicted octanol–water partition coefficient (Wildman–Crippen LogP) is 2.91. The third-order valence-electron chi connectivity index (χ3n) is 1.53. The molecule has 0 saturated carbocycles. The number of aromatic nitrogens is 1. The molecule has 0 atom stereocenters. The number of hydrogen-bond acceptors (Lipinski definition) is 2. The lowest BCUT2D eigenvalue weighted by atomic mass is 10.2. The van der Waals surface area contributed by atoms with E-state index in [2.05, 4.69) is 18.1 Å². The van der Waals surface area contributed by atoms with E-state index in [-0.39, 0.29) is 0 Å². The summed E-state index contributed by atoms with van der Waals surface area (Å²) in [5, 5.41) is 0. The Morgan fingerprint density at radius 3 is 2.54 bits per heavy atom. The van der Waals surface area contributed by atoms with Crippen LogP contribution >= 0.6 is 0 Å². The van der Waals surface area contributed by atoms with Gasteiger partial charge in [-0.1, -0.05) is 13.2 Å². The van der Waals surface area contributed by atoms with Crippen LogP contribution in [0, 0.1) is 6.92 Å². The van der Waals surface area contributed by atoms with E-state index in [1.807, 2.05) is 19.1 Å². The molecule has 0 unspecified atom stereocenters. The summed E-state index contributed by atoms with van der Waals surface area (Å²) >= 11 is 0. The van der Waals surface area contributed by atoms with Crippen LogP contribution in [0.5, 0.6) is 0 Å². The molecule has 0 radical (unpaired) electrons. The Labute approximate surface area is 78.6 Å². The van der Waals surface area contributed by atoms with Crippen molar-refractivity contribution in [3.8, 4) is 0 Å². The van der Waals surface area contributed by atoms with Gasteiger partial charge in [-0.3, -0.25) is 4.98 Å². The first-order valence-electron chi connectivity index (χ1n) is 4.05. The molecule has 0 spiro atoms. The molecular formula is C11H13NO. The lowest BCUT2D eigenvalue weighted by Crippen LogP contribution is -1.90. The molecular weight excluding hydrogens is 162 g/mol. The summed E-state index contributed by atoms with van der Waals surface area (Å²) in [7, 11) is 0. The molecule has 0 aliphatic rings. The van der Waals surface area contributed by atoms with Crippen molar-refractivity contribution in [1.82, 2.24) is 4.98 Å². The molecule has 0 N–H and O–H groups in total. The maximum absolute atomic E-state index is 5.25. The molecule has 0 aromatic carbocycles. The largest absolute Gasteiger partial charge is 0.463 e. The average Bonchev–Trinajstić information content (AvgIpc) is 2.04. The summed E-state index contributed by atoms with van der Waals surface area (Å²) in [6.45, 7) is 11.1. The maximum atomic E-state index is 5.25. The predicted molar refractivity (Wildman–Crippen MR) is 53.9 cm³/mol. The van der Waals surface area contributed by atoms with Crippen molar-refractivity contribution < 1.29 is 4.74 Å². The van der Waals surface area contributed by atoms with E-state index < -0.39 is 0 Å². The van der Waals surface area contributed by atoms with Crippen molar-refractivity contribution in [1.29, 1.82) is 0 Å². The van der Waals surface area contributed by atoms with E-state index in [4.69, 9.17) is 4.74 Å². The summed E-state index contributed by atoms with van der Waals surface area (Å²) in [6, 6.07) is 3.84. The fourth-order valence-electron chi connectivity index (χ4n) is 0.902. The highest BCUT2D eigenvalue weighted by Crippen LogP contribution is 2.15. The first-order valence-corrected chi connectivity index (χ1v) is 4.05. The monoisotopic (exact) mass is 175 g/mol. The summed E-state index contributed by atoms with van der Waals surface area (Å²) in [6.07, 6.45) is 1.74. The fourth-order valence-corrected chi connectivity index (χ4v) is 0.902. The maximum Gasteiger partial charge on any atom is 0.128 e. The lowest BCUT2D eigenvalue weighted by Gasteiger charge is -2.07. The standard InChI is InChI=1S/C11H13NO/c1-8(2)13-10(4)11-6-5-9(3)12-7-11/h5-7H,1,4H2,2-3H3. The molecule has 2 heteroatoms. The van der Waals surface area contributed by atoms with Crippen molar-refractivity contribution in [3.63, 3.8) is 0 Å². The van der Waals surface area contributed by atoms with Gasteiger partial charge in [0.2, 0.25) is 0 Å². The molecule has 0 bridgehead atoms. The van der Waals surface area contributed by atoms with Gasteiger partial charge < -0.3 is 4.74 Å². The van der Waals surface area contributed by atoms with Crippen LogP contribution in [0.2, 0.25) is 0 Å². The minimum absolute atomic E-state index is 0.583. The smallest absolute Gasteiger partial charge is 0.128 e. The van der Waals surface area contributed by atoms with Gasteiger partial charge >= 0.3 is 0 Å². The van der Waals surface area contributed by atoms with E-state index in [0.29, 0.717) is 11.5 Å². The number of aryl methyl sites for hydroxylation is 1. The second-order valence-electron chi connectivity index (χ2n) is 2.92. The second kappa shape index (κ2) is 3.90. The van der Waals surface area contributed by atoms with Crippen LogP contribution in [-0.2, 0) is 4.74 Å². The van der Waals surface area contributed by atoms with Gasteiger partial charge in [0.25, 0.3) is 0 Å². The topological polar surface area (TPSA) is 22.1 Å². The van der Waals surface area contributed by atoms with Crippen molar-refractivity contribution in [3.05, 3.63) is 48.5 Å². The van der Waals surface area contributed by atoms with Crippen LogP contribution in [0.15, 0.2) is 37.2 Å². The Kier molecular flexibility index (Phi) is 2.85. The fraction of sp³-hybridized carbons (Fsp3) is 0.182. The molecule has 0 aliphatic heterocycles. The lowest BCUT2D eigenvalue weighted by molar-refractivity contribution is 0.388. The quantitative estimate of drug-likeness (QED) is 0.659. The zero-order valence-electron chi connectivity index (χ0n) is 8.00. The van der Waals surface area contributed by atoms with Crippen molar-refractivity contribution >= 4 is 5.76 Å². The summed E-state index contributed by atoms with van der Waals surface area (Å²) in [5.74, 6) is 1.21. The highest BCUT2D eigenvalue weighted by atomic mass is 16.5. The highest BCUT2D eigenvalue weighted by molar-refractivity contribution is 5.57. The summed E-state index contributed by atoms with van der Waals surface area (Å²) < 4.78 is 5.25. The van der Waals surface area contributed by atoms with Crippen molar-refractivity contribution in [2.24, 2.45) is 0 Å². The Bertz CT molecular complexity index is 324. The first kappa shape index (κ1) is 9.52. The van der Waals surface area contributed by atoms with Gasteiger partial charge in [-0.15, -0.1) is 0 Å². The van der Waals surface area contributed by atoms with Crippen molar-refractivity contribution in [2.45, 2.75) is 13.8 Å². The van der Waals surface area contributed by atoms with Gasteiger partial charge in [0.1, 0.15) is 5.76 Å². The summed E-state index contributed by atoms with van der Waals surface area (Å²) in [4.78, 5) is 4.14. The normalized spacial score (nSPS) is 9.38. The van der Waals surface area contributed by atoms with E-state index in [9.17, 15) is 0 Å². The molecule has 0 saturated heterocycles. The van der Waals surface area contributed by atoms with E-state index in [1.165, 1.54) is 0 Å². The second-order valence-corrected chi connectivity index (χ2v) is 2.92. The molecule has 0 fully saturated rings. The van der Waals surface area contributed by atoms with Crippen LogP contribution < -0.4 is 0 Å². The molecule has 2 nitrogen and oxygen atoms in total. The SMILES string of the molecule is C=C(C)OC(=C)c1ccc(C)nc1. The van der Waals surface area contributed by atoms with Gasteiger partial charge in [-0.2, -0.15) is 0 Å². The Morgan fingerprint density at radius 2 is 2.08 bits per heavy atom. The number of hydrogen-bond donors (Lipinski definition) is 0. The third kappa shape index (κ3) is 2.75. The molecule has 1 rings (SSSR count). The number of allylic oxidation sites excluding steroid dienone is 1. The zero-order chi connectivity index (χ0) is 9.84. The molecule has 1 aromatic heterocycles. The van der Waals surface area contributed by atoms with Crippen LogP contribution in [0.1, 0.15) is 18.2 Å². The molecule has 1 aromatic rings. The summed E-state index contributed by atoms with van der Waals surface area (Å²) in [5.41, 5.74) is 1.86. The zero-order valence-corrected chi connectivity index (χ0v) is 8.00. The Morgan fingerprint density at radius 1 is 1.38 bits per heavy atom. The molecule has 0 amide bonds. The average molecular weight is 175 g/mol. The van der Waals surface area contributed by atoms with Crippen LogP contribution in [0.25, 0.3) is 5.76 Å². The van der Waals surface area contributed by atoms with E-state index in [0.717, 1.165) is 11.3 Å². The van der Waals surface area contributed by atoms with E-state index >= 15 is 0 Å². The molecule has 1 heterocycles. The molecule has 13 heavy (non-hydrogen) atoms. The van der Waals surface area contributed by atoms with Gasteiger partial charge in [-0.05, 0) is 26.0 Å². The molecule has 0 aliphatic carbocycles. The van der Waals surface area contributed by atoms with Crippen LogP contribution in [-0.4, -0.2) is 4.98 Å². The first-order chi connectivity index (χ1) is 6.09. The number of nitrogens with zero attached hydrogens (tertiary/aromatic N) is 1.